The lowest BCUT2D eigenvalue weighted by molar-refractivity contribution is 0.0970. The van der Waals surface area contributed by atoms with Crippen LogP contribution in [0.4, 0.5) is 5.13 Å². The Hall–Kier alpha value is -4.30. The molecule has 196 valence electrons. The molecule has 0 saturated carbocycles. The topological polar surface area (TPSA) is 85.5 Å². The molecule has 0 N–H and O–H groups in total. The zero-order valence-corrected chi connectivity index (χ0v) is 22.7. The van der Waals surface area contributed by atoms with Gasteiger partial charge in [0.1, 0.15) is 22.9 Å². The van der Waals surface area contributed by atoms with Gasteiger partial charge in [0.15, 0.2) is 5.43 Å². The van der Waals surface area contributed by atoms with Crippen LogP contribution in [0.1, 0.15) is 62.8 Å². The highest BCUT2D eigenvalue weighted by Crippen LogP contribution is 2.42. The second-order valence-corrected chi connectivity index (χ2v) is 10.8. The average Bonchev–Trinajstić information content (AvgIpc) is 3.52. The zero-order valence-electron chi connectivity index (χ0n) is 21.9. The Morgan fingerprint density at radius 3 is 2.46 bits per heavy atom. The van der Waals surface area contributed by atoms with Crippen molar-refractivity contribution >= 4 is 33.3 Å². The van der Waals surface area contributed by atoms with E-state index in [2.05, 4.69) is 17.1 Å². The first-order chi connectivity index (χ1) is 18.9. The number of ether oxygens (including phenoxy) is 1. The van der Waals surface area contributed by atoms with Crippen molar-refractivity contribution in [2.75, 3.05) is 4.90 Å². The first kappa shape index (κ1) is 25.0. The second-order valence-electron chi connectivity index (χ2n) is 9.76. The number of amides is 1. The molecule has 8 heteroatoms. The lowest BCUT2D eigenvalue weighted by Crippen LogP contribution is -2.29. The molecule has 0 bridgehead atoms. The van der Waals surface area contributed by atoms with Crippen molar-refractivity contribution in [3.8, 4) is 5.75 Å². The monoisotopic (exact) mass is 537 g/mol. The zero-order chi connectivity index (χ0) is 27.1. The van der Waals surface area contributed by atoms with Crippen molar-refractivity contribution in [3.63, 3.8) is 0 Å². The molecule has 0 saturated heterocycles. The number of hydrogen-bond acceptors (Lipinski definition) is 7. The van der Waals surface area contributed by atoms with E-state index in [1.165, 1.54) is 11.3 Å². The summed E-state index contributed by atoms with van der Waals surface area (Å²) in [6, 6.07) is 20.4. The van der Waals surface area contributed by atoms with E-state index in [1.807, 2.05) is 80.6 Å². The van der Waals surface area contributed by atoms with Gasteiger partial charge in [0.25, 0.3) is 5.91 Å². The quantitative estimate of drug-likeness (QED) is 0.234. The third-order valence-corrected chi connectivity index (χ3v) is 8.04. The molecule has 2 aromatic heterocycles. The number of aromatic nitrogens is 2. The summed E-state index contributed by atoms with van der Waals surface area (Å²) in [6.45, 7) is 6.43. The number of rotatable bonds is 7. The highest BCUT2D eigenvalue weighted by Gasteiger charge is 2.45. The van der Waals surface area contributed by atoms with E-state index in [9.17, 15) is 9.59 Å². The summed E-state index contributed by atoms with van der Waals surface area (Å²) in [5.74, 6) is 0.352. The van der Waals surface area contributed by atoms with Gasteiger partial charge in [0.2, 0.25) is 10.9 Å². The maximum absolute atomic E-state index is 13.9. The molecule has 39 heavy (non-hydrogen) atoms. The average molecular weight is 538 g/mol. The second kappa shape index (κ2) is 10.1. The minimum absolute atomic E-state index is 0.0531. The van der Waals surface area contributed by atoms with Gasteiger partial charge in [0, 0.05) is 6.42 Å². The van der Waals surface area contributed by atoms with Crippen LogP contribution in [-0.4, -0.2) is 16.1 Å². The van der Waals surface area contributed by atoms with E-state index in [0.29, 0.717) is 34.0 Å². The van der Waals surface area contributed by atoms with Gasteiger partial charge in [-0.3, -0.25) is 14.5 Å². The maximum atomic E-state index is 13.9. The third kappa shape index (κ3) is 4.51. The smallest absolute Gasteiger partial charge is 0.297 e. The molecule has 0 spiro atoms. The minimum atomic E-state index is -0.694. The number of carbonyl (C=O) groups excluding carboxylic acids is 1. The Morgan fingerprint density at radius 1 is 0.974 bits per heavy atom. The predicted molar refractivity (Wildman–Crippen MR) is 152 cm³/mol. The molecule has 1 atom stereocenters. The summed E-state index contributed by atoms with van der Waals surface area (Å²) < 4.78 is 12.1. The molecule has 3 aromatic carbocycles. The van der Waals surface area contributed by atoms with Crippen LogP contribution in [0, 0.1) is 13.8 Å². The molecule has 1 aliphatic heterocycles. The first-order valence-electron chi connectivity index (χ1n) is 12.9. The number of carbonyl (C=O) groups is 1. The van der Waals surface area contributed by atoms with Crippen LogP contribution in [0.5, 0.6) is 5.75 Å². The van der Waals surface area contributed by atoms with Gasteiger partial charge in [-0.25, -0.2) is 0 Å². The third-order valence-electron chi connectivity index (χ3n) is 7.06. The van der Waals surface area contributed by atoms with Crippen molar-refractivity contribution in [1.29, 1.82) is 0 Å². The van der Waals surface area contributed by atoms with Crippen molar-refractivity contribution in [2.24, 2.45) is 0 Å². The van der Waals surface area contributed by atoms with Gasteiger partial charge in [-0.1, -0.05) is 60.7 Å². The van der Waals surface area contributed by atoms with Gasteiger partial charge >= 0.3 is 0 Å². The van der Waals surface area contributed by atoms with E-state index in [-0.39, 0.29) is 11.2 Å². The summed E-state index contributed by atoms with van der Waals surface area (Å²) >= 11 is 1.37. The van der Waals surface area contributed by atoms with Crippen LogP contribution in [0.3, 0.4) is 0 Å². The van der Waals surface area contributed by atoms with Crippen LogP contribution in [0.25, 0.3) is 11.0 Å². The molecule has 0 fully saturated rings. The molecule has 1 aliphatic rings. The Bertz CT molecular complexity index is 1740. The molecule has 3 heterocycles. The van der Waals surface area contributed by atoms with Gasteiger partial charge in [0.05, 0.1) is 17.0 Å². The Balaban J connectivity index is 1.44. The molecule has 1 unspecified atom stereocenters. The number of benzene rings is 3. The number of hydrogen-bond donors (Lipinski definition) is 0. The largest absolute Gasteiger partial charge is 0.489 e. The Morgan fingerprint density at radius 2 is 1.72 bits per heavy atom. The Kier molecular flexibility index (Phi) is 6.48. The van der Waals surface area contributed by atoms with Crippen molar-refractivity contribution in [3.05, 3.63) is 116 Å². The molecular formula is C31H27N3O4S. The van der Waals surface area contributed by atoms with E-state index in [4.69, 9.17) is 9.15 Å². The molecule has 1 amide bonds. The van der Waals surface area contributed by atoms with E-state index >= 15 is 0 Å². The summed E-state index contributed by atoms with van der Waals surface area (Å²) in [4.78, 5) is 29.3. The fourth-order valence-electron chi connectivity index (χ4n) is 4.88. The summed E-state index contributed by atoms with van der Waals surface area (Å²) in [7, 11) is 0. The highest BCUT2D eigenvalue weighted by atomic mass is 32.1. The molecule has 0 radical (unpaired) electrons. The van der Waals surface area contributed by atoms with Crippen molar-refractivity contribution in [1.82, 2.24) is 10.2 Å². The number of nitrogens with zero attached hydrogens (tertiary/aromatic N) is 3. The maximum Gasteiger partial charge on any atom is 0.297 e. The lowest BCUT2D eigenvalue weighted by atomic mass is 9.97. The molecule has 6 rings (SSSR count). The summed E-state index contributed by atoms with van der Waals surface area (Å²) in [6.07, 6.45) is 1.69. The van der Waals surface area contributed by atoms with Crippen molar-refractivity contribution < 1.29 is 13.9 Å². The van der Waals surface area contributed by atoms with Crippen LogP contribution >= 0.6 is 11.3 Å². The Labute approximate surface area is 229 Å². The predicted octanol–water partition coefficient (Wildman–Crippen LogP) is 6.54. The summed E-state index contributed by atoms with van der Waals surface area (Å²) in [5.41, 5.74) is 4.32. The summed E-state index contributed by atoms with van der Waals surface area (Å²) in [5, 5.41) is 10.4. The SMILES string of the molecule is CCCc1nnc(N2C(=O)c3oc4cc(C)c(C)cc4c(=O)c3C2c2ccc(OCc3ccccc3)cc2)s1. The normalized spacial score (nSPS) is 14.7. The van der Waals surface area contributed by atoms with Crippen LogP contribution < -0.4 is 15.1 Å². The highest BCUT2D eigenvalue weighted by molar-refractivity contribution is 7.15. The van der Waals surface area contributed by atoms with Gasteiger partial charge < -0.3 is 9.15 Å². The van der Waals surface area contributed by atoms with E-state index in [0.717, 1.165) is 40.1 Å². The fraction of sp³-hybridized carbons (Fsp3) is 0.226. The lowest BCUT2D eigenvalue weighted by Gasteiger charge is -2.22. The minimum Gasteiger partial charge on any atom is -0.489 e. The molecular weight excluding hydrogens is 510 g/mol. The number of aryl methyl sites for hydroxylation is 3. The van der Waals surface area contributed by atoms with Gasteiger partial charge in [-0.2, -0.15) is 0 Å². The van der Waals surface area contributed by atoms with E-state index in [1.54, 1.807) is 4.90 Å². The molecule has 7 nitrogen and oxygen atoms in total. The van der Waals surface area contributed by atoms with Crippen LogP contribution in [0.2, 0.25) is 0 Å². The van der Waals surface area contributed by atoms with Crippen molar-refractivity contribution in [2.45, 2.75) is 46.3 Å². The fourth-order valence-corrected chi connectivity index (χ4v) is 5.85. The van der Waals surface area contributed by atoms with E-state index < -0.39 is 11.9 Å². The van der Waals surface area contributed by atoms with Crippen LogP contribution in [-0.2, 0) is 13.0 Å². The van der Waals surface area contributed by atoms with Gasteiger partial charge in [-0.15, -0.1) is 10.2 Å². The molecule has 0 aliphatic carbocycles. The number of fused-ring (bicyclic) bond motifs is 2. The molecule has 5 aromatic rings. The van der Waals surface area contributed by atoms with Crippen LogP contribution in [0.15, 0.2) is 75.9 Å². The van der Waals surface area contributed by atoms with Gasteiger partial charge in [-0.05, 0) is 66.8 Å². The number of anilines is 1. The standard InChI is InChI=1S/C31H27N3O4S/c1-4-8-25-32-33-31(39-25)34-27(21-11-13-22(14-12-21)37-17-20-9-6-5-7-10-20)26-28(35)23-15-18(2)19(3)16-24(23)38-29(26)30(34)36/h5-7,9-16,27H,4,8,17H2,1-3H3. The first-order valence-corrected chi connectivity index (χ1v) is 13.8.